The zero-order valence-corrected chi connectivity index (χ0v) is 20.7. The molecule has 3 aromatic heterocycles. The lowest BCUT2D eigenvalue weighted by Gasteiger charge is -2.18. The number of aromatic nitrogens is 4. The predicted octanol–water partition coefficient (Wildman–Crippen LogP) is 2.18. The molecule has 0 aliphatic rings. The first-order chi connectivity index (χ1) is 17.4. The van der Waals surface area contributed by atoms with E-state index in [0.717, 1.165) is 11.3 Å². The molecule has 4 rings (SSSR count). The van der Waals surface area contributed by atoms with Crippen LogP contribution in [-0.4, -0.2) is 42.0 Å². The standard InChI is InChI=1S/C24H24FN7O4S/c1-24(2,36)12-6-7-13(15(25)8-12)18-9-14(22(27)35)23(37-18)29-20-5-3-4-16(28-20)21(34)17-10-32(31-30-17)11-19(26)33/h3-10,21,34,36H,11H2,1-2H3,(H2,26,33)(H2,27,35)(H,28,29). The van der Waals surface area contributed by atoms with Crippen molar-refractivity contribution in [2.75, 3.05) is 5.32 Å². The summed E-state index contributed by atoms with van der Waals surface area (Å²) in [6.07, 6.45) is 0.132. The van der Waals surface area contributed by atoms with Gasteiger partial charge in [-0.2, -0.15) is 0 Å². The smallest absolute Gasteiger partial charge is 0.251 e. The fraction of sp³-hybridized carbons (Fsp3) is 0.208. The maximum Gasteiger partial charge on any atom is 0.251 e. The summed E-state index contributed by atoms with van der Waals surface area (Å²) in [7, 11) is 0. The van der Waals surface area contributed by atoms with Crippen molar-refractivity contribution in [3.8, 4) is 10.4 Å². The van der Waals surface area contributed by atoms with Crippen LogP contribution in [0.5, 0.6) is 0 Å². The van der Waals surface area contributed by atoms with Crippen LogP contribution < -0.4 is 16.8 Å². The lowest BCUT2D eigenvalue weighted by Crippen LogP contribution is -2.18. The van der Waals surface area contributed by atoms with E-state index in [4.69, 9.17) is 11.5 Å². The van der Waals surface area contributed by atoms with Crippen LogP contribution >= 0.6 is 11.3 Å². The number of carbonyl (C=O) groups is 2. The monoisotopic (exact) mass is 525 g/mol. The fourth-order valence-corrected chi connectivity index (χ4v) is 4.61. The molecule has 1 aromatic carbocycles. The summed E-state index contributed by atoms with van der Waals surface area (Å²) in [4.78, 5) is 28.0. The quantitative estimate of drug-likeness (QED) is 0.220. The maximum absolute atomic E-state index is 14.9. The SMILES string of the molecule is CC(C)(O)c1ccc(-c2cc(C(N)=O)c(Nc3cccc(C(O)c4cn(CC(N)=O)nn4)n3)s2)c(F)c1. The van der Waals surface area contributed by atoms with Gasteiger partial charge < -0.3 is 27.0 Å². The Labute approximate surface area is 214 Å². The zero-order valence-electron chi connectivity index (χ0n) is 19.8. The highest BCUT2D eigenvalue weighted by Crippen LogP contribution is 2.39. The summed E-state index contributed by atoms with van der Waals surface area (Å²) in [6, 6.07) is 10.7. The molecule has 1 atom stereocenters. The number of nitrogens with two attached hydrogens (primary N) is 2. The number of aliphatic hydroxyl groups is 2. The molecule has 3 heterocycles. The number of amides is 2. The molecule has 13 heteroatoms. The second-order valence-corrected chi connectivity index (χ2v) is 9.81. The van der Waals surface area contributed by atoms with Crippen molar-refractivity contribution in [2.24, 2.45) is 11.5 Å². The van der Waals surface area contributed by atoms with Gasteiger partial charge in [0.1, 0.15) is 35.0 Å². The number of thiophene rings is 1. The van der Waals surface area contributed by atoms with Crippen molar-refractivity contribution in [3.63, 3.8) is 0 Å². The molecule has 0 fully saturated rings. The molecular formula is C24H24FN7O4S. The zero-order chi connectivity index (χ0) is 26.9. The molecule has 0 saturated heterocycles. The average Bonchev–Trinajstić information content (AvgIpc) is 3.45. The van der Waals surface area contributed by atoms with Crippen molar-refractivity contribution in [3.05, 3.63) is 77.0 Å². The number of rotatable bonds is 9. The third-order valence-corrected chi connectivity index (χ3v) is 6.47. The minimum absolute atomic E-state index is 0.133. The molecule has 0 aliphatic heterocycles. The van der Waals surface area contributed by atoms with Gasteiger partial charge >= 0.3 is 0 Å². The third-order valence-electron chi connectivity index (χ3n) is 5.39. The lowest BCUT2D eigenvalue weighted by molar-refractivity contribution is -0.118. The van der Waals surface area contributed by atoms with Crippen LogP contribution in [0.4, 0.5) is 15.2 Å². The van der Waals surface area contributed by atoms with Crippen LogP contribution in [0.1, 0.15) is 47.3 Å². The fourth-order valence-electron chi connectivity index (χ4n) is 3.51. The third kappa shape index (κ3) is 5.80. The van der Waals surface area contributed by atoms with Crippen LogP contribution in [-0.2, 0) is 16.9 Å². The van der Waals surface area contributed by atoms with Crippen molar-refractivity contribution in [2.45, 2.75) is 32.1 Å². The molecule has 0 saturated carbocycles. The normalized spacial score (nSPS) is 12.4. The Kier molecular flexibility index (Phi) is 7.03. The van der Waals surface area contributed by atoms with E-state index in [9.17, 15) is 24.2 Å². The molecule has 0 aliphatic carbocycles. The number of nitrogens with one attached hydrogen (secondary N) is 1. The molecule has 7 N–H and O–H groups in total. The van der Waals surface area contributed by atoms with Gasteiger partial charge in [-0.3, -0.25) is 9.59 Å². The van der Waals surface area contributed by atoms with Gasteiger partial charge in [0.25, 0.3) is 5.91 Å². The molecule has 0 bridgehead atoms. The summed E-state index contributed by atoms with van der Waals surface area (Å²) in [5.41, 5.74) is 10.7. The topological polar surface area (TPSA) is 182 Å². The molecule has 0 spiro atoms. The first-order valence-electron chi connectivity index (χ1n) is 11.0. The molecule has 37 heavy (non-hydrogen) atoms. The van der Waals surface area contributed by atoms with E-state index in [1.165, 1.54) is 29.1 Å². The molecule has 1 unspecified atom stereocenters. The number of carbonyl (C=O) groups excluding carboxylic acids is 2. The summed E-state index contributed by atoms with van der Waals surface area (Å²) in [6.45, 7) is 2.93. The number of hydrogen-bond donors (Lipinski definition) is 5. The Balaban J connectivity index is 1.61. The van der Waals surface area contributed by atoms with Crippen molar-refractivity contribution < 1.29 is 24.2 Å². The van der Waals surface area contributed by atoms with E-state index < -0.39 is 29.3 Å². The molecular weight excluding hydrogens is 501 g/mol. The Morgan fingerprint density at radius 1 is 1.19 bits per heavy atom. The van der Waals surface area contributed by atoms with E-state index in [1.54, 1.807) is 38.1 Å². The molecule has 2 amide bonds. The lowest BCUT2D eigenvalue weighted by atomic mass is 9.96. The van der Waals surface area contributed by atoms with Crippen LogP contribution in [0.2, 0.25) is 0 Å². The summed E-state index contributed by atoms with van der Waals surface area (Å²) >= 11 is 1.10. The van der Waals surface area contributed by atoms with Gasteiger partial charge in [0.2, 0.25) is 5.91 Å². The summed E-state index contributed by atoms with van der Waals surface area (Å²) in [5, 5.41) is 31.8. The number of pyridine rings is 1. The molecule has 11 nitrogen and oxygen atoms in total. The Bertz CT molecular complexity index is 1480. The number of benzene rings is 1. The number of aliphatic hydroxyl groups excluding tert-OH is 1. The predicted molar refractivity (Wildman–Crippen MR) is 134 cm³/mol. The maximum atomic E-state index is 14.9. The van der Waals surface area contributed by atoms with Crippen molar-refractivity contribution in [1.29, 1.82) is 0 Å². The van der Waals surface area contributed by atoms with E-state index in [0.29, 0.717) is 15.4 Å². The van der Waals surface area contributed by atoms with Crippen LogP contribution in [0.15, 0.2) is 48.7 Å². The van der Waals surface area contributed by atoms with E-state index in [-0.39, 0.29) is 34.9 Å². The van der Waals surface area contributed by atoms with Crippen molar-refractivity contribution >= 4 is 34.0 Å². The van der Waals surface area contributed by atoms with Crippen LogP contribution in [0.25, 0.3) is 10.4 Å². The number of anilines is 2. The highest BCUT2D eigenvalue weighted by Gasteiger charge is 2.22. The Morgan fingerprint density at radius 2 is 1.95 bits per heavy atom. The number of nitrogens with zero attached hydrogens (tertiary/aromatic N) is 4. The Morgan fingerprint density at radius 3 is 2.59 bits per heavy atom. The highest BCUT2D eigenvalue weighted by atomic mass is 32.1. The van der Waals surface area contributed by atoms with Crippen molar-refractivity contribution in [1.82, 2.24) is 20.0 Å². The van der Waals surface area contributed by atoms with Gasteiger partial charge in [-0.25, -0.2) is 14.1 Å². The van der Waals surface area contributed by atoms with E-state index in [2.05, 4.69) is 20.6 Å². The molecule has 192 valence electrons. The minimum atomic E-state index is -1.25. The van der Waals surface area contributed by atoms with Gasteiger partial charge in [-0.05, 0) is 43.7 Å². The first kappa shape index (κ1) is 25.9. The highest BCUT2D eigenvalue weighted by molar-refractivity contribution is 7.19. The molecule has 0 radical (unpaired) electrons. The van der Waals surface area contributed by atoms with E-state index >= 15 is 0 Å². The summed E-state index contributed by atoms with van der Waals surface area (Å²) in [5.74, 6) is -1.60. The molecule has 4 aromatic rings. The minimum Gasteiger partial charge on any atom is -0.386 e. The number of hydrogen-bond acceptors (Lipinski definition) is 9. The summed E-state index contributed by atoms with van der Waals surface area (Å²) < 4.78 is 16.1. The van der Waals surface area contributed by atoms with Crippen LogP contribution in [0, 0.1) is 5.82 Å². The van der Waals surface area contributed by atoms with E-state index in [1.807, 2.05) is 0 Å². The largest absolute Gasteiger partial charge is 0.386 e. The van der Waals surface area contributed by atoms with Gasteiger partial charge in [-0.1, -0.05) is 23.4 Å². The van der Waals surface area contributed by atoms with Crippen LogP contribution in [0.3, 0.4) is 0 Å². The van der Waals surface area contributed by atoms with Gasteiger partial charge in [0, 0.05) is 10.4 Å². The Hall–Kier alpha value is -4.20. The van der Waals surface area contributed by atoms with Gasteiger partial charge in [-0.15, -0.1) is 16.4 Å². The second-order valence-electron chi connectivity index (χ2n) is 8.75. The van der Waals surface area contributed by atoms with Gasteiger partial charge in [0.15, 0.2) is 0 Å². The van der Waals surface area contributed by atoms with Gasteiger partial charge in [0.05, 0.1) is 23.1 Å². The first-order valence-corrected chi connectivity index (χ1v) is 11.8. The number of primary amides is 2. The average molecular weight is 526 g/mol. The second kappa shape index (κ2) is 10.0. The number of halogens is 1.